The van der Waals surface area contributed by atoms with E-state index in [9.17, 15) is 0 Å². The Hall–Kier alpha value is -0.0800. The summed E-state index contributed by atoms with van der Waals surface area (Å²) in [7, 11) is 2.23. The molecule has 2 unspecified atom stereocenters. The van der Waals surface area contributed by atoms with Crippen LogP contribution in [0.2, 0.25) is 0 Å². The molecule has 2 atom stereocenters. The molecule has 2 nitrogen and oxygen atoms in total. The molecule has 0 amide bonds. The number of hydrogen-bond acceptors (Lipinski definition) is 2. The van der Waals surface area contributed by atoms with Crippen LogP contribution in [0, 0.1) is 5.92 Å². The predicted octanol–water partition coefficient (Wildman–Crippen LogP) is 2.74. The first kappa shape index (κ1) is 14.9. The van der Waals surface area contributed by atoms with Gasteiger partial charge in [0.05, 0.1) is 0 Å². The molecule has 0 aromatic heterocycles. The van der Waals surface area contributed by atoms with Crippen molar-refractivity contribution in [1.29, 1.82) is 0 Å². The van der Waals surface area contributed by atoms with Gasteiger partial charge in [0.2, 0.25) is 0 Å². The highest BCUT2D eigenvalue weighted by molar-refractivity contribution is 4.75. The van der Waals surface area contributed by atoms with Gasteiger partial charge in [-0.2, -0.15) is 0 Å². The molecule has 0 fully saturated rings. The van der Waals surface area contributed by atoms with Gasteiger partial charge in [-0.05, 0) is 38.9 Å². The smallest absolute Gasteiger partial charge is 0.0220 e. The van der Waals surface area contributed by atoms with Crippen molar-refractivity contribution in [2.75, 3.05) is 26.7 Å². The molecule has 0 saturated heterocycles. The van der Waals surface area contributed by atoms with Crippen molar-refractivity contribution in [2.45, 2.75) is 53.0 Å². The Kier molecular flexibility index (Phi) is 9.12. The molecule has 0 aliphatic rings. The highest BCUT2D eigenvalue weighted by atomic mass is 15.1. The SMILES string of the molecule is CCCNC(CN(C)CCC)C(C)CC. The molecule has 0 aromatic rings. The molecular formula is C13H30N2. The number of likely N-dealkylation sites (N-methyl/N-ethyl adjacent to an activating group) is 1. The molecular weight excluding hydrogens is 184 g/mol. The first-order chi connectivity index (χ1) is 7.15. The van der Waals surface area contributed by atoms with Crippen LogP contribution >= 0.6 is 0 Å². The fraction of sp³-hybridized carbons (Fsp3) is 1.00. The van der Waals surface area contributed by atoms with Crippen LogP contribution in [0.25, 0.3) is 0 Å². The van der Waals surface area contributed by atoms with Crippen molar-refractivity contribution < 1.29 is 0 Å². The van der Waals surface area contributed by atoms with Gasteiger partial charge in [0, 0.05) is 12.6 Å². The lowest BCUT2D eigenvalue weighted by atomic mass is 9.98. The Balaban J connectivity index is 3.98. The lowest BCUT2D eigenvalue weighted by Gasteiger charge is -2.29. The summed E-state index contributed by atoms with van der Waals surface area (Å²) in [5.41, 5.74) is 0. The maximum atomic E-state index is 3.67. The van der Waals surface area contributed by atoms with Crippen LogP contribution in [0.5, 0.6) is 0 Å². The lowest BCUT2D eigenvalue weighted by molar-refractivity contribution is 0.244. The van der Waals surface area contributed by atoms with Crippen LogP contribution in [-0.4, -0.2) is 37.6 Å². The van der Waals surface area contributed by atoms with E-state index in [1.54, 1.807) is 0 Å². The summed E-state index contributed by atoms with van der Waals surface area (Å²) in [6.07, 6.45) is 3.74. The third-order valence-corrected chi connectivity index (χ3v) is 3.10. The van der Waals surface area contributed by atoms with Gasteiger partial charge in [0.25, 0.3) is 0 Å². The normalized spacial score (nSPS) is 15.6. The summed E-state index contributed by atoms with van der Waals surface area (Å²) in [4.78, 5) is 2.44. The Morgan fingerprint density at radius 2 is 1.80 bits per heavy atom. The van der Waals surface area contributed by atoms with Crippen LogP contribution < -0.4 is 5.32 Å². The van der Waals surface area contributed by atoms with E-state index in [-0.39, 0.29) is 0 Å². The average Bonchev–Trinajstić information content (AvgIpc) is 2.23. The van der Waals surface area contributed by atoms with Crippen molar-refractivity contribution in [3.63, 3.8) is 0 Å². The van der Waals surface area contributed by atoms with E-state index < -0.39 is 0 Å². The maximum Gasteiger partial charge on any atom is 0.0220 e. The van der Waals surface area contributed by atoms with Crippen LogP contribution in [0.4, 0.5) is 0 Å². The first-order valence-corrected chi connectivity index (χ1v) is 6.57. The molecule has 0 rings (SSSR count). The molecule has 92 valence electrons. The minimum atomic E-state index is 0.659. The van der Waals surface area contributed by atoms with E-state index in [1.165, 1.54) is 32.4 Å². The predicted molar refractivity (Wildman–Crippen MR) is 69.3 cm³/mol. The molecule has 0 aliphatic heterocycles. The van der Waals surface area contributed by atoms with E-state index in [0.29, 0.717) is 6.04 Å². The second kappa shape index (κ2) is 9.17. The van der Waals surface area contributed by atoms with Crippen molar-refractivity contribution in [2.24, 2.45) is 5.92 Å². The quantitative estimate of drug-likeness (QED) is 0.635. The minimum absolute atomic E-state index is 0.659. The Labute approximate surface area is 96.4 Å². The minimum Gasteiger partial charge on any atom is -0.312 e. The number of hydrogen-bond donors (Lipinski definition) is 1. The number of nitrogens with one attached hydrogen (secondary N) is 1. The van der Waals surface area contributed by atoms with Crippen LogP contribution in [0.3, 0.4) is 0 Å². The lowest BCUT2D eigenvalue weighted by Crippen LogP contribution is -2.44. The summed E-state index contributed by atoms with van der Waals surface area (Å²) in [5.74, 6) is 0.774. The van der Waals surface area contributed by atoms with Crippen molar-refractivity contribution >= 4 is 0 Å². The first-order valence-electron chi connectivity index (χ1n) is 6.57. The van der Waals surface area contributed by atoms with Crippen molar-refractivity contribution in [3.05, 3.63) is 0 Å². The maximum absolute atomic E-state index is 3.67. The standard InChI is InChI=1S/C13H30N2/c1-6-9-14-13(12(4)8-3)11-15(5)10-7-2/h12-14H,6-11H2,1-5H3. The van der Waals surface area contributed by atoms with E-state index in [0.717, 1.165) is 12.5 Å². The number of nitrogens with zero attached hydrogens (tertiary/aromatic N) is 1. The zero-order valence-electron chi connectivity index (χ0n) is 11.3. The molecule has 0 spiro atoms. The Bertz CT molecular complexity index is 136. The Morgan fingerprint density at radius 3 is 2.27 bits per heavy atom. The zero-order valence-corrected chi connectivity index (χ0v) is 11.3. The van der Waals surface area contributed by atoms with E-state index in [1.807, 2.05) is 0 Å². The van der Waals surface area contributed by atoms with Gasteiger partial charge in [-0.1, -0.05) is 34.1 Å². The largest absolute Gasteiger partial charge is 0.312 e. The monoisotopic (exact) mass is 214 g/mol. The van der Waals surface area contributed by atoms with Crippen LogP contribution in [-0.2, 0) is 0 Å². The van der Waals surface area contributed by atoms with Gasteiger partial charge in [-0.15, -0.1) is 0 Å². The van der Waals surface area contributed by atoms with Gasteiger partial charge in [-0.3, -0.25) is 0 Å². The van der Waals surface area contributed by atoms with Crippen LogP contribution in [0.1, 0.15) is 47.0 Å². The highest BCUT2D eigenvalue weighted by Gasteiger charge is 2.16. The Morgan fingerprint density at radius 1 is 1.13 bits per heavy atom. The average molecular weight is 214 g/mol. The second-order valence-electron chi connectivity index (χ2n) is 4.71. The van der Waals surface area contributed by atoms with Crippen molar-refractivity contribution in [3.8, 4) is 0 Å². The molecule has 15 heavy (non-hydrogen) atoms. The summed E-state index contributed by atoms with van der Waals surface area (Å²) >= 11 is 0. The second-order valence-corrected chi connectivity index (χ2v) is 4.71. The fourth-order valence-corrected chi connectivity index (χ4v) is 1.87. The summed E-state index contributed by atoms with van der Waals surface area (Å²) in [6.45, 7) is 12.7. The number of rotatable bonds is 9. The molecule has 2 heteroatoms. The summed E-state index contributed by atoms with van der Waals surface area (Å²) < 4.78 is 0. The van der Waals surface area contributed by atoms with Gasteiger partial charge in [0.1, 0.15) is 0 Å². The van der Waals surface area contributed by atoms with E-state index >= 15 is 0 Å². The molecule has 0 aromatic carbocycles. The van der Waals surface area contributed by atoms with Gasteiger partial charge >= 0.3 is 0 Å². The third-order valence-electron chi connectivity index (χ3n) is 3.10. The van der Waals surface area contributed by atoms with E-state index in [2.05, 4.69) is 45.0 Å². The third kappa shape index (κ3) is 6.91. The van der Waals surface area contributed by atoms with Crippen molar-refractivity contribution in [1.82, 2.24) is 10.2 Å². The van der Waals surface area contributed by atoms with Crippen LogP contribution in [0.15, 0.2) is 0 Å². The van der Waals surface area contributed by atoms with Gasteiger partial charge < -0.3 is 10.2 Å². The summed E-state index contributed by atoms with van der Waals surface area (Å²) in [6, 6.07) is 0.659. The van der Waals surface area contributed by atoms with E-state index in [4.69, 9.17) is 0 Å². The van der Waals surface area contributed by atoms with Gasteiger partial charge in [0.15, 0.2) is 0 Å². The zero-order chi connectivity index (χ0) is 11.7. The molecule has 0 heterocycles. The summed E-state index contributed by atoms with van der Waals surface area (Å²) in [5, 5.41) is 3.67. The molecule has 0 saturated carbocycles. The highest BCUT2D eigenvalue weighted by Crippen LogP contribution is 2.09. The van der Waals surface area contributed by atoms with Gasteiger partial charge in [-0.25, -0.2) is 0 Å². The molecule has 0 aliphatic carbocycles. The molecule has 0 bridgehead atoms. The topological polar surface area (TPSA) is 15.3 Å². The molecule has 0 radical (unpaired) electrons. The fourth-order valence-electron chi connectivity index (χ4n) is 1.87. The molecule has 1 N–H and O–H groups in total.